The molecule has 0 saturated carbocycles. The number of benzene rings is 1. The third kappa shape index (κ3) is 3.00. The zero-order valence-corrected chi connectivity index (χ0v) is 17.5. The molecule has 5 rings (SSSR count). The number of anilines is 1. The monoisotopic (exact) mass is 436 g/mol. The Bertz CT molecular complexity index is 1200. The molecule has 10 heteroatoms. The first-order valence-corrected chi connectivity index (χ1v) is 11.9. The number of carbonyl (C=O) groups is 1. The first-order chi connectivity index (χ1) is 14.2. The van der Waals surface area contributed by atoms with Gasteiger partial charge < -0.3 is 10.1 Å². The standard InChI is InChI=1S/C20H22F2N4O3S/c1-10-9-26-19(29-10)16(8-23-26)30(2,28)25-20(27)24-18-13-5-3-4-12(13)17(22)14-6-11(21)7-15(14)18/h8,10-11H,3-7,9H2,1-2H3,(H,24,27)/t10-,11+,30?/m0/s1. The van der Waals surface area contributed by atoms with Gasteiger partial charge in [-0.25, -0.2) is 22.5 Å². The van der Waals surface area contributed by atoms with Crippen molar-refractivity contribution in [1.82, 2.24) is 9.78 Å². The number of hydrogen-bond acceptors (Lipinski definition) is 4. The summed E-state index contributed by atoms with van der Waals surface area (Å²) in [5, 5.41) is 6.85. The Morgan fingerprint density at radius 2 is 2.03 bits per heavy atom. The minimum Gasteiger partial charge on any atom is -0.472 e. The van der Waals surface area contributed by atoms with Gasteiger partial charge in [-0.05, 0) is 48.4 Å². The number of alkyl halides is 1. The van der Waals surface area contributed by atoms with Gasteiger partial charge in [-0.15, -0.1) is 4.36 Å². The van der Waals surface area contributed by atoms with Crippen LogP contribution < -0.4 is 10.1 Å². The highest BCUT2D eigenvalue weighted by atomic mass is 32.2. The van der Waals surface area contributed by atoms with E-state index in [0.29, 0.717) is 53.2 Å². The summed E-state index contributed by atoms with van der Waals surface area (Å²) in [5.41, 5.74) is 2.53. The van der Waals surface area contributed by atoms with Crippen molar-refractivity contribution >= 4 is 21.4 Å². The summed E-state index contributed by atoms with van der Waals surface area (Å²) in [6, 6.07) is -0.807. The van der Waals surface area contributed by atoms with Gasteiger partial charge >= 0.3 is 6.03 Å². The van der Waals surface area contributed by atoms with Gasteiger partial charge in [0.2, 0.25) is 5.88 Å². The Labute approximate surface area is 173 Å². The van der Waals surface area contributed by atoms with E-state index in [2.05, 4.69) is 14.8 Å². The molecule has 3 atom stereocenters. The molecule has 2 heterocycles. The minimum absolute atomic E-state index is 0.0110. The van der Waals surface area contributed by atoms with Gasteiger partial charge in [0.1, 0.15) is 23.0 Å². The molecular weight excluding hydrogens is 414 g/mol. The van der Waals surface area contributed by atoms with Crippen molar-refractivity contribution in [1.29, 1.82) is 0 Å². The van der Waals surface area contributed by atoms with E-state index in [0.717, 1.165) is 6.42 Å². The van der Waals surface area contributed by atoms with E-state index in [1.165, 1.54) is 12.5 Å². The Kier molecular flexibility index (Phi) is 4.39. The predicted octanol–water partition coefficient (Wildman–Crippen LogP) is 3.42. The van der Waals surface area contributed by atoms with Crippen LogP contribution >= 0.6 is 0 Å². The number of fused-ring (bicyclic) bond motifs is 3. The Morgan fingerprint density at radius 3 is 2.83 bits per heavy atom. The molecule has 3 aliphatic rings. The number of rotatable bonds is 2. The van der Waals surface area contributed by atoms with Gasteiger partial charge in [-0.3, -0.25) is 0 Å². The molecule has 7 nitrogen and oxygen atoms in total. The summed E-state index contributed by atoms with van der Waals surface area (Å²) in [6.45, 7) is 2.41. The van der Waals surface area contributed by atoms with Gasteiger partial charge in [0.25, 0.3) is 0 Å². The molecule has 30 heavy (non-hydrogen) atoms. The fourth-order valence-corrected chi connectivity index (χ4v) is 5.87. The van der Waals surface area contributed by atoms with E-state index in [1.807, 2.05) is 6.92 Å². The van der Waals surface area contributed by atoms with Crippen LogP contribution in [0, 0.1) is 5.82 Å². The second-order valence-electron chi connectivity index (χ2n) is 8.21. The number of carbonyl (C=O) groups excluding carboxylic acids is 1. The number of nitrogens with one attached hydrogen (secondary N) is 1. The van der Waals surface area contributed by atoms with Crippen LogP contribution in [0.25, 0.3) is 0 Å². The molecule has 2 aliphatic carbocycles. The lowest BCUT2D eigenvalue weighted by atomic mass is 9.98. The molecule has 1 aliphatic heterocycles. The first kappa shape index (κ1) is 19.5. The van der Waals surface area contributed by atoms with Crippen LogP contribution in [0.5, 0.6) is 5.88 Å². The van der Waals surface area contributed by atoms with Gasteiger partial charge in [0.15, 0.2) is 0 Å². The van der Waals surface area contributed by atoms with E-state index in [4.69, 9.17) is 4.74 Å². The summed E-state index contributed by atoms with van der Waals surface area (Å²) >= 11 is 0. The Hall–Kier alpha value is -2.49. The van der Waals surface area contributed by atoms with E-state index < -0.39 is 21.9 Å². The third-order valence-electron chi connectivity index (χ3n) is 5.97. The zero-order valence-electron chi connectivity index (χ0n) is 16.7. The van der Waals surface area contributed by atoms with Gasteiger partial charge in [0, 0.05) is 24.8 Å². The molecular formula is C20H22F2N4O3S. The quantitative estimate of drug-likeness (QED) is 0.782. The summed E-state index contributed by atoms with van der Waals surface area (Å²) < 4.78 is 53.2. The van der Waals surface area contributed by atoms with Crippen LogP contribution in [0.1, 0.15) is 35.6 Å². The number of amides is 2. The molecule has 0 radical (unpaired) electrons. The van der Waals surface area contributed by atoms with Gasteiger partial charge in [-0.1, -0.05) is 0 Å². The molecule has 1 N–H and O–H groups in total. The number of halogens is 2. The normalized spacial score (nSPS) is 23.3. The number of ether oxygens (including phenoxy) is 1. The molecule has 0 fully saturated rings. The lowest BCUT2D eigenvalue weighted by Crippen LogP contribution is -2.15. The molecule has 1 aromatic heterocycles. The fourth-order valence-electron chi connectivity index (χ4n) is 4.69. The number of urea groups is 1. The second kappa shape index (κ2) is 6.76. The maximum absolute atomic E-state index is 14.8. The SMILES string of the molecule is C[C@H]1Cn2ncc(S(C)(=O)=NC(=O)Nc3c4c(c(F)c5c3C[C@H](F)C5)CCC4)c2O1. The molecule has 2 aromatic rings. The maximum atomic E-state index is 14.8. The highest BCUT2D eigenvalue weighted by Crippen LogP contribution is 2.41. The number of aromatic nitrogens is 2. The van der Waals surface area contributed by atoms with E-state index in [1.54, 1.807) is 4.68 Å². The van der Waals surface area contributed by atoms with E-state index >= 15 is 0 Å². The van der Waals surface area contributed by atoms with E-state index in [-0.39, 0.29) is 29.7 Å². The summed E-state index contributed by atoms with van der Waals surface area (Å²) in [7, 11) is -3.13. The molecule has 0 spiro atoms. The van der Waals surface area contributed by atoms with Crippen LogP contribution in [0.2, 0.25) is 0 Å². The summed E-state index contributed by atoms with van der Waals surface area (Å²) in [6.07, 6.45) is 3.50. The lowest BCUT2D eigenvalue weighted by molar-refractivity contribution is 0.248. The summed E-state index contributed by atoms with van der Waals surface area (Å²) in [4.78, 5) is 13.0. The van der Waals surface area contributed by atoms with Crippen molar-refractivity contribution in [2.24, 2.45) is 4.36 Å². The number of nitrogens with zero attached hydrogens (tertiary/aromatic N) is 3. The van der Waals surface area contributed by atoms with Crippen molar-refractivity contribution < 1.29 is 22.5 Å². The minimum atomic E-state index is -3.13. The van der Waals surface area contributed by atoms with Crippen molar-refractivity contribution in [3.8, 4) is 5.88 Å². The van der Waals surface area contributed by atoms with Crippen molar-refractivity contribution in [3.05, 3.63) is 34.3 Å². The first-order valence-electron chi connectivity index (χ1n) is 9.99. The highest BCUT2D eigenvalue weighted by Gasteiger charge is 2.34. The average molecular weight is 436 g/mol. The lowest BCUT2D eigenvalue weighted by Gasteiger charge is -2.16. The van der Waals surface area contributed by atoms with Crippen LogP contribution in [0.4, 0.5) is 19.3 Å². The molecule has 1 unspecified atom stereocenters. The molecule has 2 amide bonds. The molecule has 1 aromatic carbocycles. The van der Waals surface area contributed by atoms with Crippen LogP contribution in [-0.4, -0.2) is 38.6 Å². The molecule has 0 bridgehead atoms. The van der Waals surface area contributed by atoms with Crippen LogP contribution in [0.3, 0.4) is 0 Å². The van der Waals surface area contributed by atoms with Crippen molar-refractivity contribution in [3.63, 3.8) is 0 Å². The topological polar surface area (TPSA) is 85.6 Å². The fraction of sp³-hybridized carbons (Fsp3) is 0.500. The third-order valence-corrected chi connectivity index (χ3v) is 7.58. The summed E-state index contributed by atoms with van der Waals surface area (Å²) in [5.74, 6) is 0.0176. The van der Waals surface area contributed by atoms with Gasteiger partial charge in [-0.2, -0.15) is 5.10 Å². The Balaban J connectivity index is 1.51. The second-order valence-corrected chi connectivity index (χ2v) is 10.4. The van der Waals surface area contributed by atoms with Crippen LogP contribution in [0.15, 0.2) is 15.5 Å². The number of hydrogen-bond donors (Lipinski definition) is 1. The largest absolute Gasteiger partial charge is 0.472 e. The predicted molar refractivity (Wildman–Crippen MR) is 107 cm³/mol. The smallest absolute Gasteiger partial charge is 0.353 e. The zero-order chi connectivity index (χ0) is 21.2. The van der Waals surface area contributed by atoms with Crippen molar-refractivity contribution in [2.45, 2.75) is 62.7 Å². The highest BCUT2D eigenvalue weighted by molar-refractivity contribution is 7.93. The van der Waals surface area contributed by atoms with E-state index in [9.17, 15) is 17.8 Å². The van der Waals surface area contributed by atoms with Gasteiger partial charge in [0.05, 0.1) is 22.5 Å². The average Bonchev–Trinajstić information content (AvgIpc) is 3.40. The maximum Gasteiger partial charge on any atom is 0.353 e. The van der Waals surface area contributed by atoms with Crippen molar-refractivity contribution in [2.75, 3.05) is 11.6 Å². The Morgan fingerprint density at radius 1 is 1.30 bits per heavy atom. The van der Waals surface area contributed by atoms with Crippen LogP contribution in [-0.2, 0) is 42.0 Å². The molecule has 0 saturated heterocycles. The molecule has 160 valence electrons.